The van der Waals surface area contributed by atoms with Gasteiger partial charge in [-0.25, -0.2) is 4.79 Å². The van der Waals surface area contributed by atoms with Crippen molar-refractivity contribution in [3.05, 3.63) is 0 Å². The van der Waals surface area contributed by atoms with Crippen LogP contribution in [0.15, 0.2) is 0 Å². The lowest BCUT2D eigenvalue weighted by Gasteiger charge is -2.16. The predicted molar refractivity (Wildman–Crippen MR) is 53.4 cm³/mol. The van der Waals surface area contributed by atoms with Gasteiger partial charge < -0.3 is 10.1 Å². The summed E-state index contributed by atoms with van der Waals surface area (Å²) >= 11 is 2.78. The zero-order valence-electron chi connectivity index (χ0n) is 8.64. The van der Waals surface area contributed by atoms with Gasteiger partial charge in [-0.1, -0.05) is 15.9 Å². The molecule has 1 amide bonds. The summed E-state index contributed by atoms with van der Waals surface area (Å²) in [4.78, 5) is 32.6. The van der Waals surface area contributed by atoms with Crippen LogP contribution in [-0.4, -0.2) is 42.3 Å². The van der Waals surface area contributed by atoms with Crippen molar-refractivity contribution >= 4 is 33.6 Å². The quantitative estimate of drug-likeness (QED) is 0.593. The van der Waals surface area contributed by atoms with Crippen LogP contribution >= 0.6 is 15.9 Å². The zero-order chi connectivity index (χ0) is 13.6. The number of esters is 1. The molecule has 1 atom stereocenters. The summed E-state index contributed by atoms with van der Waals surface area (Å²) in [5, 5.41) is 1.26. The minimum absolute atomic E-state index is 0.137. The Morgan fingerprint density at radius 3 is 2.24 bits per heavy atom. The summed E-state index contributed by atoms with van der Waals surface area (Å²) in [6.45, 7) is 0. The summed E-state index contributed by atoms with van der Waals surface area (Å²) in [6.07, 6.45) is -5.69. The van der Waals surface area contributed by atoms with E-state index in [4.69, 9.17) is 0 Å². The summed E-state index contributed by atoms with van der Waals surface area (Å²) in [7, 11) is 0.938. The molecule has 0 aromatic heterocycles. The number of alkyl halides is 4. The van der Waals surface area contributed by atoms with Crippen LogP contribution < -0.4 is 5.32 Å². The number of carbonyl (C=O) groups excluding carboxylic acids is 3. The van der Waals surface area contributed by atoms with Crippen LogP contribution in [0.5, 0.6) is 0 Å². The molecule has 98 valence electrons. The highest BCUT2D eigenvalue weighted by atomic mass is 79.9. The molecule has 17 heavy (non-hydrogen) atoms. The Morgan fingerprint density at radius 1 is 1.35 bits per heavy atom. The van der Waals surface area contributed by atoms with E-state index in [1.165, 1.54) is 5.32 Å². The molecule has 0 aliphatic rings. The second-order valence-electron chi connectivity index (χ2n) is 2.92. The van der Waals surface area contributed by atoms with Gasteiger partial charge in [0.2, 0.25) is 0 Å². The van der Waals surface area contributed by atoms with Gasteiger partial charge in [0, 0.05) is 6.42 Å². The molecule has 9 heteroatoms. The number of carbonyl (C=O) groups is 3. The fraction of sp³-hybridized carbons (Fsp3) is 0.625. The number of ether oxygens (including phenoxy) is 1. The largest absolute Gasteiger partial charge is 0.471 e. The third-order valence-electron chi connectivity index (χ3n) is 1.63. The molecule has 0 aromatic rings. The van der Waals surface area contributed by atoms with Gasteiger partial charge in [0.25, 0.3) is 0 Å². The fourth-order valence-corrected chi connectivity index (χ4v) is 1.09. The summed E-state index contributed by atoms with van der Waals surface area (Å²) < 4.78 is 40.0. The van der Waals surface area contributed by atoms with E-state index in [1.54, 1.807) is 0 Å². The van der Waals surface area contributed by atoms with Crippen LogP contribution in [0.4, 0.5) is 13.2 Å². The molecule has 0 rings (SSSR count). The first-order valence-corrected chi connectivity index (χ1v) is 5.37. The number of amides is 1. The van der Waals surface area contributed by atoms with Crippen molar-refractivity contribution < 1.29 is 32.3 Å². The summed E-state index contributed by atoms with van der Waals surface area (Å²) in [5.41, 5.74) is 0. The minimum atomic E-state index is -5.12. The first-order valence-electron chi connectivity index (χ1n) is 4.25. The number of ketones is 1. The molecule has 1 N–H and O–H groups in total. The van der Waals surface area contributed by atoms with E-state index in [1.807, 2.05) is 0 Å². The average molecular weight is 320 g/mol. The van der Waals surface area contributed by atoms with E-state index in [0.29, 0.717) is 0 Å². The third-order valence-corrected chi connectivity index (χ3v) is 2.25. The molecule has 0 bridgehead atoms. The lowest BCUT2D eigenvalue weighted by molar-refractivity contribution is -0.175. The Bertz CT molecular complexity index is 318. The van der Waals surface area contributed by atoms with Crippen molar-refractivity contribution in [3.63, 3.8) is 0 Å². The third kappa shape index (κ3) is 5.66. The molecule has 0 aliphatic carbocycles. The number of hydrogen-bond donors (Lipinski definition) is 1. The smallest absolute Gasteiger partial charge is 0.467 e. The molecule has 0 unspecified atom stereocenters. The summed E-state index contributed by atoms with van der Waals surface area (Å²) in [5.74, 6) is -3.95. The van der Waals surface area contributed by atoms with Gasteiger partial charge in [-0.05, 0) is 0 Å². The maximum atomic E-state index is 11.9. The molecule has 0 saturated heterocycles. The maximum Gasteiger partial charge on any atom is 0.471 e. The monoisotopic (exact) mass is 319 g/mol. The molecule has 0 saturated carbocycles. The van der Waals surface area contributed by atoms with E-state index >= 15 is 0 Å². The second kappa shape index (κ2) is 6.58. The van der Waals surface area contributed by atoms with E-state index in [0.717, 1.165) is 7.11 Å². The molecule has 0 aliphatic heterocycles. The first kappa shape index (κ1) is 15.9. The van der Waals surface area contributed by atoms with Crippen molar-refractivity contribution in [2.45, 2.75) is 18.6 Å². The molecule has 0 heterocycles. The Hall–Kier alpha value is -1.12. The predicted octanol–water partition coefficient (Wildman–Crippen LogP) is 0.561. The normalized spacial score (nSPS) is 12.8. The number of methoxy groups -OCH3 is 1. The molecular formula is C8H9BrF3NO4. The second-order valence-corrected chi connectivity index (χ2v) is 3.48. The van der Waals surface area contributed by atoms with Gasteiger partial charge in [0.05, 0.1) is 12.4 Å². The number of rotatable bonds is 5. The maximum absolute atomic E-state index is 11.9. The van der Waals surface area contributed by atoms with Crippen LogP contribution in [0.1, 0.15) is 6.42 Å². The average Bonchev–Trinajstić information content (AvgIpc) is 2.25. The molecule has 0 fully saturated rings. The fourth-order valence-electron chi connectivity index (χ4n) is 0.858. The van der Waals surface area contributed by atoms with Gasteiger partial charge in [-0.15, -0.1) is 0 Å². The van der Waals surface area contributed by atoms with E-state index < -0.39 is 36.3 Å². The van der Waals surface area contributed by atoms with Gasteiger partial charge in [-0.2, -0.15) is 13.2 Å². The van der Waals surface area contributed by atoms with Gasteiger partial charge >= 0.3 is 18.1 Å². The topological polar surface area (TPSA) is 72.5 Å². The standard InChI is InChI=1S/C8H9BrF3NO4/c1-17-6(15)5(2-4(14)3-9)13-7(16)8(10,11)12/h5H,2-3H2,1H3,(H,13,16)/t5-/m0/s1. The Morgan fingerprint density at radius 2 is 1.88 bits per heavy atom. The van der Waals surface area contributed by atoms with Gasteiger partial charge in [0.15, 0.2) is 0 Å². The van der Waals surface area contributed by atoms with Crippen LogP contribution in [0.3, 0.4) is 0 Å². The SMILES string of the molecule is COC(=O)[C@H](CC(=O)CBr)NC(=O)C(F)(F)F. The lowest BCUT2D eigenvalue weighted by atomic mass is 10.1. The zero-order valence-corrected chi connectivity index (χ0v) is 10.2. The van der Waals surface area contributed by atoms with Crippen LogP contribution in [0.25, 0.3) is 0 Å². The molecule has 0 spiro atoms. The van der Waals surface area contributed by atoms with Crippen LogP contribution in [0, 0.1) is 0 Å². The molecule has 5 nitrogen and oxygen atoms in total. The Kier molecular flexibility index (Phi) is 6.14. The van der Waals surface area contributed by atoms with Gasteiger partial charge in [-0.3, -0.25) is 9.59 Å². The van der Waals surface area contributed by atoms with Gasteiger partial charge in [0.1, 0.15) is 11.8 Å². The summed E-state index contributed by atoms with van der Waals surface area (Å²) in [6, 6.07) is -1.64. The highest BCUT2D eigenvalue weighted by molar-refractivity contribution is 9.09. The van der Waals surface area contributed by atoms with E-state index in [9.17, 15) is 27.6 Å². The Balaban J connectivity index is 4.66. The minimum Gasteiger partial charge on any atom is -0.467 e. The van der Waals surface area contributed by atoms with E-state index in [-0.39, 0.29) is 5.33 Å². The number of Topliss-reactive ketones (excluding diaryl/α,β-unsaturated/α-hetero) is 1. The Labute approximate surface area is 103 Å². The molecular weight excluding hydrogens is 311 g/mol. The highest BCUT2D eigenvalue weighted by Crippen LogP contribution is 2.15. The highest BCUT2D eigenvalue weighted by Gasteiger charge is 2.41. The molecule has 0 radical (unpaired) electrons. The van der Waals surface area contributed by atoms with E-state index in [2.05, 4.69) is 20.7 Å². The van der Waals surface area contributed by atoms with Crippen molar-refractivity contribution in [2.24, 2.45) is 0 Å². The van der Waals surface area contributed by atoms with Crippen molar-refractivity contribution in [1.29, 1.82) is 0 Å². The van der Waals surface area contributed by atoms with Crippen molar-refractivity contribution in [3.8, 4) is 0 Å². The van der Waals surface area contributed by atoms with Crippen LogP contribution in [0.2, 0.25) is 0 Å². The van der Waals surface area contributed by atoms with Crippen molar-refractivity contribution in [1.82, 2.24) is 5.32 Å². The van der Waals surface area contributed by atoms with Crippen molar-refractivity contribution in [2.75, 3.05) is 12.4 Å². The number of halogens is 4. The molecule has 0 aromatic carbocycles. The number of hydrogen-bond acceptors (Lipinski definition) is 4. The first-order chi connectivity index (χ1) is 7.72. The lowest BCUT2D eigenvalue weighted by Crippen LogP contribution is -2.48. The van der Waals surface area contributed by atoms with Crippen LogP contribution in [-0.2, 0) is 19.1 Å². The number of nitrogens with one attached hydrogen (secondary N) is 1.